The molecule has 0 atom stereocenters. The molecule has 2 heterocycles. The summed E-state index contributed by atoms with van der Waals surface area (Å²) in [6.45, 7) is -0.344. The van der Waals surface area contributed by atoms with E-state index in [0.717, 1.165) is 5.39 Å². The van der Waals surface area contributed by atoms with Gasteiger partial charge in [0, 0.05) is 11.5 Å². The highest BCUT2D eigenvalue weighted by Crippen LogP contribution is 2.37. The van der Waals surface area contributed by atoms with E-state index in [4.69, 9.17) is 43.6 Å². The molecule has 0 saturated carbocycles. The van der Waals surface area contributed by atoms with Gasteiger partial charge in [-0.3, -0.25) is 0 Å². The highest BCUT2D eigenvalue weighted by Gasteiger charge is 2.29. The van der Waals surface area contributed by atoms with Crippen molar-refractivity contribution in [3.63, 3.8) is 0 Å². The van der Waals surface area contributed by atoms with Gasteiger partial charge in [0.2, 0.25) is 5.89 Å². The van der Waals surface area contributed by atoms with Crippen LogP contribution in [0.25, 0.3) is 23.1 Å². The van der Waals surface area contributed by atoms with E-state index in [-0.39, 0.29) is 25.0 Å². The lowest BCUT2D eigenvalue weighted by Gasteiger charge is -2.03. The van der Waals surface area contributed by atoms with Crippen molar-refractivity contribution < 1.29 is 19.0 Å². The Morgan fingerprint density at radius 3 is 2.29 bits per heavy atom. The number of benzene rings is 1. The van der Waals surface area contributed by atoms with Crippen molar-refractivity contribution in [2.24, 2.45) is 0 Å². The number of aliphatic hydroxyl groups excluding tert-OH is 2. The van der Waals surface area contributed by atoms with Gasteiger partial charge in [-0.2, -0.15) is 0 Å². The molecule has 126 valence electrons. The first-order valence-electron chi connectivity index (χ1n) is 6.76. The molecule has 3 rings (SSSR count). The normalized spacial score (nSPS) is 12.5. The second-order valence-corrected chi connectivity index (χ2v) is 7.18. The Morgan fingerprint density at radius 2 is 1.67 bits per heavy atom. The van der Waals surface area contributed by atoms with Crippen LogP contribution in [0.15, 0.2) is 27.0 Å². The molecule has 0 fully saturated rings. The lowest BCUT2D eigenvalue weighted by atomic mass is 10.1. The Morgan fingerprint density at radius 1 is 0.958 bits per heavy atom. The molecule has 0 amide bonds. The highest BCUT2D eigenvalue weighted by atomic mass is 35.6. The van der Waals surface area contributed by atoms with Crippen LogP contribution in [0.5, 0.6) is 0 Å². The second kappa shape index (κ2) is 6.74. The van der Waals surface area contributed by atoms with Crippen LogP contribution in [0.3, 0.4) is 0 Å². The summed E-state index contributed by atoms with van der Waals surface area (Å²) < 4.78 is 9.08. The predicted octanol–water partition coefficient (Wildman–Crippen LogP) is 3.80. The molecule has 0 bridgehead atoms. The van der Waals surface area contributed by atoms with E-state index in [1.807, 2.05) is 0 Å². The molecule has 0 spiro atoms. The van der Waals surface area contributed by atoms with E-state index in [0.29, 0.717) is 22.5 Å². The van der Waals surface area contributed by atoms with E-state index in [1.165, 1.54) is 6.08 Å². The third-order valence-corrected chi connectivity index (χ3v) is 3.76. The number of fused-ring (bicyclic) bond motifs is 1. The van der Waals surface area contributed by atoms with Crippen LogP contribution < -0.4 is 0 Å². The van der Waals surface area contributed by atoms with Gasteiger partial charge in [0.15, 0.2) is 0 Å². The molecule has 0 aliphatic heterocycles. The minimum Gasteiger partial charge on any atom is -0.457 e. The van der Waals surface area contributed by atoms with Gasteiger partial charge in [-0.1, -0.05) is 34.8 Å². The zero-order valence-electron chi connectivity index (χ0n) is 12.0. The van der Waals surface area contributed by atoms with E-state index in [2.05, 4.69) is 10.2 Å². The van der Waals surface area contributed by atoms with Gasteiger partial charge < -0.3 is 19.0 Å². The Balaban J connectivity index is 1.88. The monoisotopic (exact) mass is 388 g/mol. The summed E-state index contributed by atoms with van der Waals surface area (Å²) in [4.78, 5) is 0. The average molecular weight is 390 g/mol. The average Bonchev–Trinajstić information content (AvgIpc) is 3.17. The zero-order chi connectivity index (χ0) is 17.3. The summed E-state index contributed by atoms with van der Waals surface area (Å²) in [7, 11) is 0. The molecule has 0 radical (unpaired) electrons. The van der Waals surface area contributed by atoms with E-state index < -0.39 is 3.79 Å². The quantitative estimate of drug-likeness (QED) is 0.659. The van der Waals surface area contributed by atoms with Crippen molar-refractivity contribution in [2.45, 2.75) is 17.0 Å². The van der Waals surface area contributed by atoms with Crippen LogP contribution in [0.1, 0.15) is 28.7 Å². The summed E-state index contributed by atoms with van der Waals surface area (Å²) in [5.41, 5.74) is 1.84. The number of aliphatic hydroxyl groups is 2. The Hall–Kier alpha value is -1.57. The molecule has 1 aromatic carbocycles. The molecule has 0 unspecified atom stereocenters. The number of hydrogen-bond acceptors (Lipinski definition) is 6. The predicted molar refractivity (Wildman–Crippen MR) is 90.5 cm³/mol. The fourth-order valence-corrected chi connectivity index (χ4v) is 2.37. The number of hydrogen-bond donors (Lipinski definition) is 2. The fourth-order valence-electron chi connectivity index (χ4n) is 2.14. The van der Waals surface area contributed by atoms with Gasteiger partial charge in [-0.05, 0) is 35.4 Å². The molecule has 3 aromatic rings. The number of alkyl halides is 3. The molecule has 2 aromatic heterocycles. The largest absolute Gasteiger partial charge is 0.457 e. The first-order valence-corrected chi connectivity index (χ1v) is 7.90. The molecule has 24 heavy (non-hydrogen) atoms. The zero-order valence-corrected chi connectivity index (χ0v) is 14.3. The van der Waals surface area contributed by atoms with Crippen LogP contribution in [-0.4, -0.2) is 20.4 Å². The van der Waals surface area contributed by atoms with Crippen molar-refractivity contribution in [3.8, 4) is 0 Å². The Labute approximate surface area is 151 Å². The third-order valence-electron chi connectivity index (χ3n) is 3.27. The maximum Gasteiger partial charge on any atom is 0.268 e. The van der Waals surface area contributed by atoms with Gasteiger partial charge in [0.1, 0.15) is 11.3 Å². The van der Waals surface area contributed by atoms with Gasteiger partial charge in [-0.25, -0.2) is 0 Å². The number of furan rings is 1. The standard InChI is InChI=1S/C15H11Cl3N2O4/c16-15(17,18)14-20-19-13(24-14)2-1-11-4-8-3-9(6-21)10(7-22)5-12(8)23-11/h1-5,21-22H,6-7H2. The maximum atomic E-state index is 9.32. The summed E-state index contributed by atoms with van der Waals surface area (Å²) in [6, 6.07) is 5.22. The van der Waals surface area contributed by atoms with E-state index in [1.54, 1.807) is 24.3 Å². The molecule has 0 saturated heterocycles. The molecular weight excluding hydrogens is 379 g/mol. The second-order valence-electron chi connectivity index (χ2n) is 4.90. The van der Waals surface area contributed by atoms with Crippen LogP contribution in [0.4, 0.5) is 0 Å². The number of nitrogens with zero attached hydrogens (tertiary/aromatic N) is 2. The van der Waals surface area contributed by atoms with Crippen LogP contribution in [-0.2, 0) is 17.0 Å². The molecule has 9 heteroatoms. The lowest BCUT2D eigenvalue weighted by molar-refractivity contribution is 0.260. The molecular formula is C15H11Cl3N2O4. The van der Waals surface area contributed by atoms with Crippen LogP contribution >= 0.6 is 34.8 Å². The van der Waals surface area contributed by atoms with Crippen molar-refractivity contribution in [1.82, 2.24) is 10.2 Å². The number of aromatic nitrogens is 2. The van der Waals surface area contributed by atoms with Crippen molar-refractivity contribution in [2.75, 3.05) is 0 Å². The minimum atomic E-state index is -1.78. The smallest absolute Gasteiger partial charge is 0.268 e. The summed E-state index contributed by atoms with van der Waals surface area (Å²) in [5.74, 6) is 0.554. The number of rotatable bonds is 4. The Bertz CT molecular complexity index is 855. The van der Waals surface area contributed by atoms with Crippen molar-refractivity contribution in [3.05, 3.63) is 46.9 Å². The fraction of sp³-hybridized carbons (Fsp3) is 0.200. The van der Waals surface area contributed by atoms with E-state index in [9.17, 15) is 10.2 Å². The van der Waals surface area contributed by atoms with E-state index >= 15 is 0 Å². The summed E-state index contributed by atoms with van der Waals surface area (Å²) >= 11 is 17.0. The Kier molecular flexibility index (Phi) is 4.85. The SMILES string of the molecule is OCc1cc2cc(C=Cc3nnc(C(Cl)(Cl)Cl)o3)oc2cc1CO. The first kappa shape index (κ1) is 17.3. The van der Waals surface area contributed by atoms with Gasteiger partial charge in [-0.15, -0.1) is 10.2 Å². The lowest BCUT2D eigenvalue weighted by Crippen LogP contribution is -1.99. The summed E-state index contributed by atoms with van der Waals surface area (Å²) in [6.07, 6.45) is 3.14. The van der Waals surface area contributed by atoms with Crippen LogP contribution in [0, 0.1) is 0 Å². The highest BCUT2D eigenvalue weighted by molar-refractivity contribution is 6.66. The first-order chi connectivity index (χ1) is 11.4. The van der Waals surface area contributed by atoms with Crippen molar-refractivity contribution in [1.29, 1.82) is 0 Å². The molecule has 6 nitrogen and oxygen atoms in total. The molecule has 0 aliphatic rings. The minimum absolute atomic E-state index is 0.128. The van der Waals surface area contributed by atoms with Gasteiger partial charge >= 0.3 is 0 Å². The molecule has 0 aliphatic carbocycles. The third kappa shape index (κ3) is 3.58. The number of halogens is 3. The van der Waals surface area contributed by atoms with Crippen LogP contribution in [0.2, 0.25) is 0 Å². The molecule has 2 N–H and O–H groups in total. The van der Waals surface area contributed by atoms with Crippen molar-refractivity contribution >= 4 is 57.9 Å². The van der Waals surface area contributed by atoms with Gasteiger partial charge in [0.25, 0.3) is 9.68 Å². The topological polar surface area (TPSA) is 92.5 Å². The summed E-state index contributed by atoms with van der Waals surface area (Å²) in [5, 5.41) is 26.8. The van der Waals surface area contributed by atoms with Gasteiger partial charge in [0.05, 0.1) is 13.2 Å². The maximum absolute atomic E-state index is 9.32.